The van der Waals surface area contributed by atoms with Crippen LogP contribution >= 0.6 is 11.6 Å². The number of sulfonamides is 1. The van der Waals surface area contributed by atoms with Gasteiger partial charge in [0.15, 0.2) is 0 Å². The normalized spacial score (nSPS) is 17.9. The molecule has 1 aliphatic rings. The Labute approximate surface area is 157 Å². The van der Waals surface area contributed by atoms with Crippen molar-refractivity contribution in [2.24, 2.45) is 0 Å². The number of rotatable bonds is 5. The van der Waals surface area contributed by atoms with Crippen molar-refractivity contribution in [2.45, 2.75) is 11.0 Å². The third-order valence-corrected chi connectivity index (χ3v) is 5.80. The van der Waals surface area contributed by atoms with Crippen molar-refractivity contribution in [2.75, 3.05) is 26.2 Å². The molecule has 0 bridgehead atoms. The molecule has 0 spiro atoms. The zero-order valence-electron chi connectivity index (χ0n) is 14.0. The zero-order valence-corrected chi connectivity index (χ0v) is 15.5. The third-order valence-electron chi connectivity index (χ3n) is 4.13. The summed E-state index contributed by atoms with van der Waals surface area (Å²) in [6.45, 7) is 0.943. The number of benzene rings is 2. The number of halogens is 1. The second-order valence-corrected chi connectivity index (χ2v) is 8.09. The van der Waals surface area contributed by atoms with Crippen LogP contribution < -0.4 is 4.72 Å². The van der Waals surface area contributed by atoms with E-state index < -0.39 is 10.0 Å². The number of hydrogen-bond donors (Lipinski definition) is 1. The van der Waals surface area contributed by atoms with E-state index in [0.29, 0.717) is 24.7 Å². The first-order valence-corrected chi connectivity index (χ1v) is 10.0. The quantitative estimate of drug-likeness (QED) is 0.843. The van der Waals surface area contributed by atoms with Gasteiger partial charge in [-0.15, -0.1) is 0 Å². The van der Waals surface area contributed by atoms with Gasteiger partial charge in [-0.05, 0) is 29.8 Å². The number of carbonyl (C=O) groups excluding carboxylic acids is 1. The number of carbonyl (C=O) groups is 1. The number of ether oxygens (including phenoxy) is 1. The van der Waals surface area contributed by atoms with Crippen molar-refractivity contribution < 1.29 is 17.9 Å². The van der Waals surface area contributed by atoms with Crippen LogP contribution in [0.4, 0.5) is 0 Å². The van der Waals surface area contributed by atoms with Gasteiger partial charge < -0.3 is 9.64 Å². The van der Waals surface area contributed by atoms with Gasteiger partial charge in [0.2, 0.25) is 15.9 Å². The van der Waals surface area contributed by atoms with Gasteiger partial charge in [0, 0.05) is 11.6 Å². The summed E-state index contributed by atoms with van der Waals surface area (Å²) in [7, 11) is -3.76. The molecule has 138 valence electrons. The molecule has 2 aromatic carbocycles. The Hall–Kier alpha value is -1.93. The number of morpholine rings is 1. The molecule has 0 aliphatic carbocycles. The molecule has 26 heavy (non-hydrogen) atoms. The Kier molecular flexibility index (Phi) is 5.93. The van der Waals surface area contributed by atoms with Crippen LogP contribution in [0, 0.1) is 0 Å². The predicted octanol–water partition coefficient (Wildman–Crippen LogP) is 2.22. The van der Waals surface area contributed by atoms with Gasteiger partial charge in [0.25, 0.3) is 0 Å². The van der Waals surface area contributed by atoms with E-state index in [1.165, 1.54) is 24.3 Å². The van der Waals surface area contributed by atoms with Crippen LogP contribution in [0.3, 0.4) is 0 Å². The highest BCUT2D eigenvalue weighted by atomic mass is 35.5. The summed E-state index contributed by atoms with van der Waals surface area (Å²) in [4.78, 5) is 14.1. The van der Waals surface area contributed by atoms with Gasteiger partial charge in [0.1, 0.15) is 6.10 Å². The van der Waals surface area contributed by atoms with E-state index in [1.54, 1.807) is 4.90 Å². The van der Waals surface area contributed by atoms with E-state index in [2.05, 4.69) is 4.72 Å². The minimum atomic E-state index is -3.76. The van der Waals surface area contributed by atoms with Crippen molar-refractivity contribution in [3.05, 3.63) is 65.2 Å². The lowest BCUT2D eigenvalue weighted by molar-refractivity contribution is -0.137. The van der Waals surface area contributed by atoms with E-state index in [4.69, 9.17) is 16.3 Å². The van der Waals surface area contributed by atoms with Crippen molar-refractivity contribution in [1.82, 2.24) is 9.62 Å². The van der Waals surface area contributed by atoms with Gasteiger partial charge in [-0.1, -0.05) is 41.9 Å². The molecule has 1 amide bonds. The predicted molar refractivity (Wildman–Crippen MR) is 98.4 cm³/mol. The van der Waals surface area contributed by atoms with E-state index in [1.807, 2.05) is 30.3 Å². The van der Waals surface area contributed by atoms with Gasteiger partial charge in [0.05, 0.1) is 24.6 Å². The smallest absolute Gasteiger partial charge is 0.241 e. The Balaban J connectivity index is 1.60. The van der Waals surface area contributed by atoms with Crippen molar-refractivity contribution in [3.8, 4) is 0 Å². The molecule has 1 heterocycles. The van der Waals surface area contributed by atoms with Crippen LogP contribution in [0.1, 0.15) is 11.7 Å². The number of nitrogens with one attached hydrogen (secondary N) is 1. The second-order valence-electron chi connectivity index (χ2n) is 5.89. The minimum Gasteiger partial charge on any atom is -0.370 e. The molecule has 1 atom stereocenters. The highest BCUT2D eigenvalue weighted by Crippen LogP contribution is 2.22. The van der Waals surface area contributed by atoms with E-state index in [-0.39, 0.29) is 23.5 Å². The standard InChI is InChI=1S/C18H19ClN2O4S/c19-15-6-8-16(9-7-15)26(23,24)20-12-18(22)21-10-11-25-17(13-21)14-4-2-1-3-5-14/h1-9,17,20H,10-13H2/t17-/m0/s1. The molecule has 8 heteroatoms. The van der Waals surface area contributed by atoms with E-state index in [0.717, 1.165) is 5.56 Å². The summed E-state index contributed by atoms with van der Waals surface area (Å²) in [5.41, 5.74) is 0.992. The Morgan fingerprint density at radius 3 is 2.54 bits per heavy atom. The van der Waals surface area contributed by atoms with Crippen LogP contribution in [0.25, 0.3) is 0 Å². The molecular formula is C18H19ClN2O4S. The fourth-order valence-electron chi connectivity index (χ4n) is 2.71. The summed E-state index contributed by atoms with van der Waals surface area (Å²) in [5.74, 6) is -0.285. The topological polar surface area (TPSA) is 75.7 Å². The Morgan fingerprint density at radius 1 is 1.15 bits per heavy atom. The maximum absolute atomic E-state index is 12.4. The highest BCUT2D eigenvalue weighted by molar-refractivity contribution is 7.89. The molecule has 1 N–H and O–H groups in total. The van der Waals surface area contributed by atoms with Crippen LogP contribution in [0.5, 0.6) is 0 Å². The SMILES string of the molecule is O=C(CNS(=O)(=O)c1ccc(Cl)cc1)N1CCO[C@H](c2ccccc2)C1. The fourth-order valence-corrected chi connectivity index (χ4v) is 3.81. The number of hydrogen-bond acceptors (Lipinski definition) is 4. The van der Waals surface area contributed by atoms with E-state index >= 15 is 0 Å². The van der Waals surface area contributed by atoms with Gasteiger partial charge in [-0.2, -0.15) is 0 Å². The van der Waals surface area contributed by atoms with Crippen LogP contribution in [-0.2, 0) is 19.6 Å². The number of amides is 1. The molecule has 1 aliphatic heterocycles. The zero-order chi connectivity index (χ0) is 18.6. The lowest BCUT2D eigenvalue weighted by Crippen LogP contribution is -2.46. The molecule has 6 nitrogen and oxygen atoms in total. The van der Waals surface area contributed by atoms with E-state index in [9.17, 15) is 13.2 Å². The first-order valence-electron chi connectivity index (χ1n) is 8.15. The molecule has 3 rings (SSSR count). The molecule has 0 unspecified atom stereocenters. The fraction of sp³-hybridized carbons (Fsp3) is 0.278. The third kappa shape index (κ3) is 4.62. The lowest BCUT2D eigenvalue weighted by Gasteiger charge is -2.33. The van der Waals surface area contributed by atoms with Crippen molar-refractivity contribution in [3.63, 3.8) is 0 Å². The Bertz CT molecular complexity index is 857. The first-order chi connectivity index (χ1) is 12.5. The van der Waals surface area contributed by atoms with Crippen LogP contribution in [0.2, 0.25) is 5.02 Å². The summed E-state index contributed by atoms with van der Waals surface area (Å²) < 4.78 is 32.6. The maximum atomic E-state index is 12.4. The number of nitrogens with zero attached hydrogens (tertiary/aromatic N) is 1. The Morgan fingerprint density at radius 2 is 1.85 bits per heavy atom. The van der Waals surface area contributed by atoms with Crippen molar-refractivity contribution >= 4 is 27.5 Å². The second kappa shape index (κ2) is 8.18. The minimum absolute atomic E-state index is 0.0684. The molecule has 0 saturated carbocycles. The van der Waals surface area contributed by atoms with Crippen molar-refractivity contribution in [1.29, 1.82) is 0 Å². The van der Waals surface area contributed by atoms with Crippen LogP contribution in [0.15, 0.2) is 59.5 Å². The summed E-state index contributed by atoms with van der Waals surface area (Å²) in [5, 5.41) is 0.445. The molecule has 1 fully saturated rings. The van der Waals surface area contributed by atoms with Crippen LogP contribution in [-0.4, -0.2) is 45.5 Å². The molecule has 1 saturated heterocycles. The van der Waals surface area contributed by atoms with Gasteiger partial charge >= 0.3 is 0 Å². The summed E-state index contributed by atoms with van der Waals surface area (Å²) in [6.07, 6.45) is -0.207. The molecule has 2 aromatic rings. The monoisotopic (exact) mass is 394 g/mol. The highest BCUT2D eigenvalue weighted by Gasteiger charge is 2.26. The van der Waals surface area contributed by atoms with Gasteiger partial charge in [-0.3, -0.25) is 4.79 Å². The maximum Gasteiger partial charge on any atom is 0.241 e. The van der Waals surface area contributed by atoms with Gasteiger partial charge in [-0.25, -0.2) is 13.1 Å². The average Bonchev–Trinajstić information content (AvgIpc) is 2.67. The summed E-state index contributed by atoms with van der Waals surface area (Å²) in [6, 6.07) is 15.4. The first kappa shape index (κ1) is 18.8. The average molecular weight is 395 g/mol. The molecular weight excluding hydrogens is 376 g/mol. The summed E-state index contributed by atoms with van der Waals surface area (Å²) >= 11 is 5.77. The molecule has 0 radical (unpaired) electrons. The lowest BCUT2D eigenvalue weighted by atomic mass is 10.1. The largest absolute Gasteiger partial charge is 0.370 e. The molecule has 0 aromatic heterocycles.